The van der Waals surface area contributed by atoms with Gasteiger partial charge in [0.1, 0.15) is 0 Å². The molecular formula is C24H29N3O. The summed E-state index contributed by atoms with van der Waals surface area (Å²) in [4.78, 5) is 12.6. The van der Waals surface area contributed by atoms with Crippen molar-refractivity contribution in [3.63, 3.8) is 0 Å². The van der Waals surface area contributed by atoms with E-state index in [-0.39, 0.29) is 5.91 Å². The number of anilines is 1. The molecule has 0 bridgehead atoms. The van der Waals surface area contributed by atoms with E-state index in [0.717, 1.165) is 34.7 Å². The number of rotatable bonds is 7. The van der Waals surface area contributed by atoms with E-state index in [4.69, 9.17) is 0 Å². The van der Waals surface area contributed by atoms with Crippen molar-refractivity contribution >= 4 is 11.6 Å². The molecule has 0 saturated heterocycles. The van der Waals surface area contributed by atoms with E-state index in [2.05, 4.69) is 60.7 Å². The van der Waals surface area contributed by atoms with Crippen LogP contribution in [0.1, 0.15) is 47.8 Å². The zero-order valence-electron chi connectivity index (χ0n) is 17.2. The molecule has 28 heavy (non-hydrogen) atoms. The van der Waals surface area contributed by atoms with Gasteiger partial charge in [-0.15, -0.1) is 0 Å². The molecule has 3 rings (SSSR count). The number of aryl methyl sites for hydroxylation is 3. The molecule has 0 aliphatic rings. The van der Waals surface area contributed by atoms with Crippen LogP contribution in [0.2, 0.25) is 0 Å². The van der Waals surface area contributed by atoms with Gasteiger partial charge in [-0.25, -0.2) is 4.68 Å². The Morgan fingerprint density at radius 1 is 0.964 bits per heavy atom. The zero-order chi connectivity index (χ0) is 20.1. The number of carbonyl (C=O) groups is 1. The predicted octanol–water partition coefficient (Wildman–Crippen LogP) is 5.32. The van der Waals surface area contributed by atoms with Gasteiger partial charge < -0.3 is 5.32 Å². The largest absolute Gasteiger partial charge is 0.323 e. The van der Waals surface area contributed by atoms with E-state index < -0.39 is 0 Å². The standard InChI is InChI=1S/C24H29N3O/c1-5-6-7-20-10-12-21(13-11-20)16-23(28)25-24-18(3)26-27(19(24)4)22-14-8-17(2)9-15-22/h8-15H,5-7,16H2,1-4H3,(H,25,28). The Kier molecular flexibility index (Phi) is 6.30. The summed E-state index contributed by atoms with van der Waals surface area (Å²) in [6.07, 6.45) is 3.85. The topological polar surface area (TPSA) is 46.9 Å². The highest BCUT2D eigenvalue weighted by atomic mass is 16.1. The second-order valence-corrected chi connectivity index (χ2v) is 7.44. The lowest BCUT2D eigenvalue weighted by molar-refractivity contribution is -0.115. The highest BCUT2D eigenvalue weighted by molar-refractivity contribution is 5.93. The maximum absolute atomic E-state index is 12.6. The van der Waals surface area contributed by atoms with Gasteiger partial charge in [0.15, 0.2) is 0 Å². The molecule has 0 radical (unpaired) electrons. The number of carbonyl (C=O) groups excluding carboxylic acids is 1. The summed E-state index contributed by atoms with van der Waals surface area (Å²) in [5.41, 5.74) is 7.11. The smallest absolute Gasteiger partial charge is 0.228 e. The van der Waals surface area contributed by atoms with E-state index in [0.29, 0.717) is 6.42 Å². The van der Waals surface area contributed by atoms with Crippen molar-refractivity contribution in [3.8, 4) is 5.69 Å². The quantitative estimate of drug-likeness (QED) is 0.607. The monoisotopic (exact) mass is 375 g/mol. The van der Waals surface area contributed by atoms with E-state index in [1.807, 2.05) is 30.7 Å². The number of hydrogen-bond donors (Lipinski definition) is 1. The van der Waals surface area contributed by atoms with Crippen LogP contribution in [0.25, 0.3) is 5.69 Å². The van der Waals surface area contributed by atoms with Crippen molar-refractivity contribution in [2.75, 3.05) is 5.32 Å². The molecule has 3 aromatic rings. The van der Waals surface area contributed by atoms with Crippen LogP contribution >= 0.6 is 0 Å². The summed E-state index contributed by atoms with van der Waals surface area (Å²) < 4.78 is 1.88. The highest BCUT2D eigenvalue weighted by Gasteiger charge is 2.15. The second-order valence-electron chi connectivity index (χ2n) is 7.44. The maximum atomic E-state index is 12.6. The van der Waals surface area contributed by atoms with Gasteiger partial charge in [-0.2, -0.15) is 5.10 Å². The van der Waals surface area contributed by atoms with Crippen molar-refractivity contribution in [2.24, 2.45) is 0 Å². The summed E-state index contributed by atoms with van der Waals surface area (Å²) in [6, 6.07) is 16.6. The second kappa shape index (κ2) is 8.87. The van der Waals surface area contributed by atoms with Gasteiger partial charge in [-0.3, -0.25) is 4.79 Å². The molecule has 4 heteroatoms. The Balaban J connectivity index is 1.69. The van der Waals surface area contributed by atoms with E-state index in [9.17, 15) is 4.79 Å². The SMILES string of the molecule is CCCCc1ccc(CC(=O)Nc2c(C)nn(-c3ccc(C)cc3)c2C)cc1. The molecule has 1 heterocycles. The molecule has 1 amide bonds. The van der Waals surface area contributed by atoms with Crippen LogP contribution in [-0.4, -0.2) is 15.7 Å². The van der Waals surface area contributed by atoms with Gasteiger partial charge in [0.2, 0.25) is 5.91 Å². The van der Waals surface area contributed by atoms with Crippen LogP contribution in [-0.2, 0) is 17.6 Å². The molecule has 146 valence electrons. The molecule has 4 nitrogen and oxygen atoms in total. The predicted molar refractivity (Wildman–Crippen MR) is 115 cm³/mol. The fourth-order valence-electron chi connectivity index (χ4n) is 3.33. The van der Waals surface area contributed by atoms with Crippen LogP contribution in [0.3, 0.4) is 0 Å². The average molecular weight is 376 g/mol. The van der Waals surface area contributed by atoms with E-state index >= 15 is 0 Å². The number of unbranched alkanes of at least 4 members (excludes halogenated alkanes) is 1. The van der Waals surface area contributed by atoms with Crippen LogP contribution < -0.4 is 5.32 Å². The number of benzene rings is 2. The normalized spacial score (nSPS) is 10.9. The van der Waals surface area contributed by atoms with E-state index in [1.165, 1.54) is 24.0 Å². The van der Waals surface area contributed by atoms with Crippen molar-refractivity contribution < 1.29 is 4.79 Å². The summed E-state index contributed by atoms with van der Waals surface area (Å²) in [5, 5.41) is 7.67. The third-order valence-corrected chi connectivity index (χ3v) is 5.04. The molecule has 0 unspecified atom stereocenters. The van der Waals surface area contributed by atoms with Gasteiger partial charge >= 0.3 is 0 Å². The van der Waals surface area contributed by atoms with Crippen LogP contribution in [0.4, 0.5) is 5.69 Å². The number of aromatic nitrogens is 2. The first-order valence-corrected chi connectivity index (χ1v) is 9.99. The lowest BCUT2D eigenvalue weighted by Gasteiger charge is -2.08. The highest BCUT2D eigenvalue weighted by Crippen LogP contribution is 2.23. The van der Waals surface area contributed by atoms with Gasteiger partial charge in [-0.05, 0) is 56.9 Å². The molecule has 0 spiro atoms. The summed E-state index contributed by atoms with van der Waals surface area (Å²) in [5.74, 6) is -0.0176. The molecule has 0 aliphatic carbocycles. The third kappa shape index (κ3) is 4.69. The first-order chi connectivity index (χ1) is 13.5. The molecule has 1 N–H and O–H groups in total. The lowest BCUT2D eigenvalue weighted by atomic mass is 10.0. The third-order valence-electron chi connectivity index (χ3n) is 5.04. The van der Waals surface area contributed by atoms with Crippen molar-refractivity contribution in [1.29, 1.82) is 0 Å². The molecule has 0 saturated carbocycles. The fourth-order valence-corrected chi connectivity index (χ4v) is 3.33. The number of nitrogens with one attached hydrogen (secondary N) is 1. The first kappa shape index (κ1) is 19.9. The number of nitrogens with zero attached hydrogens (tertiary/aromatic N) is 2. The minimum atomic E-state index is -0.0176. The average Bonchev–Trinajstić information content (AvgIpc) is 2.96. The van der Waals surface area contributed by atoms with Crippen LogP contribution in [0.15, 0.2) is 48.5 Å². The molecule has 0 atom stereocenters. The van der Waals surface area contributed by atoms with Gasteiger partial charge in [0.05, 0.1) is 29.2 Å². The summed E-state index contributed by atoms with van der Waals surface area (Å²) in [7, 11) is 0. The first-order valence-electron chi connectivity index (χ1n) is 9.99. The van der Waals surface area contributed by atoms with Crippen molar-refractivity contribution in [2.45, 2.75) is 53.4 Å². The Bertz CT molecular complexity index is 937. The van der Waals surface area contributed by atoms with Crippen LogP contribution in [0, 0.1) is 20.8 Å². The molecule has 1 aromatic heterocycles. The minimum absolute atomic E-state index is 0.0176. The maximum Gasteiger partial charge on any atom is 0.228 e. The number of hydrogen-bond acceptors (Lipinski definition) is 2. The molecule has 2 aromatic carbocycles. The van der Waals surface area contributed by atoms with Crippen molar-refractivity contribution in [3.05, 3.63) is 76.6 Å². The Labute approximate surface area is 167 Å². The Hall–Kier alpha value is -2.88. The van der Waals surface area contributed by atoms with Gasteiger partial charge in [0, 0.05) is 0 Å². The lowest BCUT2D eigenvalue weighted by Crippen LogP contribution is -2.15. The van der Waals surface area contributed by atoms with Crippen LogP contribution in [0.5, 0.6) is 0 Å². The number of amides is 1. The molecular weight excluding hydrogens is 346 g/mol. The molecule has 0 aliphatic heterocycles. The minimum Gasteiger partial charge on any atom is -0.323 e. The van der Waals surface area contributed by atoms with E-state index in [1.54, 1.807) is 0 Å². The van der Waals surface area contributed by atoms with Gasteiger partial charge in [0.25, 0.3) is 0 Å². The summed E-state index contributed by atoms with van der Waals surface area (Å²) >= 11 is 0. The zero-order valence-corrected chi connectivity index (χ0v) is 17.2. The van der Waals surface area contributed by atoms with Crippen molar-refractivity contribution in [1.82, 2.24) is 9.78 Å². The molecule has 0 fully saturated rings. The Morgan fingerprint density at radius 2 is 1.61 bits per heavy atom. The van der Waals surface area contributed by atoms with Gasteiger partial charge in [-0.1, -0.05) is 55.3 Å². The Morgan fingerprint density at radius 3 is 2.25 bits per heavy atom. The fraction of sp³-hybridized carbons (Fsp3) is 0.333. The summed E-state index contributed by atoms with van der Waals surface area (Å²) in [6.45, 7) is 8.17.